The maximum Gasteiger partial charge on any atom is 0.247 e. The van der Waals surface area contributed by atoms with E-state index < -0.39 is 9.84 Å². The van der Waals surface area contributed by atoms with Crippen molar-refractivity contribution in [3.05, 3.63) is 23.8 Å². The minimum Gasteiger partial charge on any atom is -0.454 e. The topological polar surface area (TPSA) is 85.3 Å². The SMILES string of the molecule is CCC(=O)N=C1S[C@H]2CS(=O)(=O)C[C@@H]2N1Cc1ccc2c(c1)OCO2. The summed E-state index contributed by atoms with van der Waals surface area (Å²) in [5.41, 5.74) is 0.964. The van der Waals surface area contributed by atoms with Crippen LogP contribution in [0.3, 0.4) is 0 Å². The van der Waals surface area contributed by atoms with Crippen molar-refractivity contribution in [3.63, 3.8) is 0 Å². The second kappa shape index (κ2) is 6.21. The summed E-state index contributed by atoms with van der Waals surface area (Å²) < 4.78 is 34.7. The van der Waals surface area contributed by atoms with E-state index in [-0.39, 0.29) is 35.5 Å². The lowest BCUT2D eigenvalue weighted by Crippen LogP contribution is -2.37. The molecule has 0 bridgehead atoms. The van der Waals surface area contributed by atoms with E-state index in [1.54, 1.807) is 6.92 Å². The first kappa shape index (κ1) is 16.7. The zero-order valence-electron chi connectivity index (χ0n) is 13.7. The van der Waals surface area contributed by atoms with E-state index in [2.05, 4.69) is 4.99 Å². The summed E-state index contributed by atoms with van der Waals surface area (Å²) in [4.78, 5) is 17.9. The highest BCUT2D eigenvalue weighted by Gasteiger charge is 2.48. The summed E-state index contributed by atoms with van der Waals surface area (Å²) in [6.45, 7) is 2.45. The third kappa shape index (κ3) is 3.22. The molecule has 0 radical (unpaired) electrons. The number of aliphatic imine (C=N–C) groups is 1. The van der Waals surface area contributed by atoms with Crippen molar-refractivity contribution in [2.75, 3.05) is 18.3 Å². The Morgan fingerprint density at radius 2 is 2.12 bits per heavy atom. The van der Waals surface area contributed by atoms with Crippen molar-refractivity contribution in [1.29, 1.82) is 0 Å². The Bertz CT molecular complexity index is 852. The first-order valence-electron chi connectivity index (χ1n) is 8.09. The van der Waals surface area contributed by atoms with E-state index >= 15 is 0 Å². The largest absolute Gasteiger partial charge is 0.454 e. The summed E-state index contributed by atoms with van der Waals surface area (Å²) in [5, 5.41) is 0.553. The van der Waals surface area contributed by atoms with Crippen LogP contribution in [0.2, 0.25) is 0 Å². The molecular formula is C16H18N2O5S2. The lowest BCUT2D eigenvalue weighted by atomic mass is 10.1. The number of hydrogen-bond donors (Lipinski definition) is 0. The molecule has 3 aliphatic heterocycles. The minimum atomic E-state index is -3.04. The van der Waals surface area contributed by atoms with Gasteiger partial charge in [0, 0.05) is 18.2 Å². The van der Waals surface area contributed by atoms with Crippen molar-refractivity contribution in [1.82, 2.24) is 4.90 Å². The molecule has 134 valence electrons. The van der Waals surface area contributed by atoms with E-state index in [0.29, 0.717) is 29.6 Å². The lowest BCUT2D eigenvalue weighted by molar-refractivity contribution is -0.117. The Labute approximate surface area is 150 Å². The van der Waals surface area contributed by atoms with Gasteiger partial charge in [0.2, 0.25) is 12.7 Å². The molecule has 0 N–H and O–H groups in total. The molecule has 9 heteroatoms. The number of fused-ring (bicyclic) bond motifs is 2. The number of amides is 1. The van der Waals surface area contributed by atoms with Gasteiger partial charge in [-0.25, -0.2) is 8.42 Å². The van der Waals surface area contributed by atoms with Crippen LogP contribution in [0.25, 0.3) is 0 Å². The number of benzene rings is 1. The third-order valence-electron chi connectivity index (χ3n) is 4.49. The van der Waals surface area contributed by atoms with Crippen LogP contribution in [0, 0.1) is 0 Å². The summed E-state index contributed by atoms with van der Waals surface area (Å²) in [6, 6.07) is 5.51. The van der Waals surface area contributed by atoms with Crippen LogP contribution in [0.1, 0.15) is 18.9 Å². The fourth-order valence-corrected chi connectivity index (χ4v) is 7.21. The predicted octanol–water partition coefficient (Wildman–Crippen LogP) is 1.42. The van der Waals surface area contributed by atoms with Gasteiger partial charge < -0.3 is 14.4 Å². The maximum atomic E-state index is 12.0. The van der Waals surface area contributed by atoms with Gasteiger partial charge in [0.1, 0.15) is 0 Å². The quantitative estimate of drug-likeness (QED) is 0.781. The highest BCUT2D eigenvalue weighted by Crippen LogP contribution is 2.40. The van der Waals surface area contributed by atoms with Gasteiger partial charge in [-0.15, -0.1) is 0 Å². The Balaban J connectivity index is 1.63. The van der Waals surface area contributed by atoms with Gasteiger partial charge in [0.25, 0.3) is 0 Å². The molecule has 0 spiro atoms. The van der Waals surface area contributed by atoms with Crippen LogP contribution in [0.4, 0.5) is 0 Å². The van der Waals surface area contributed by atoms with E-state index in [1.807, 2.05) is 23.1 Å². The monoisotopic (exact) mass is 382 g/mol. The molecular weight excluding hydrogens is 364 g/mol. The van der Waals surface area contributed by atoms with Gasteiger partial charge in [0.05, 0.1) is 17.5 Å². The number of carbonyl (C=O) groups is 1. The Kier molecular flexibility index (Phi) is 4.15. The minimum absolute atomic E-state index is 0.0672. The average Bonchev–Trinajstić information content (AvgIpc) is 3.21. The lowest BCUT2D eigenvalue weighted by Gasteiger charge is -2.24. The smallest absolute Gasteiger partial charge is 0.247 e. The highest BCUT2D eigenvalue weighted by molar-refractivity contribution is 8.15. The zero-order valence-corrected chi connectivity index (χ0v) is 15.3. The first-order valence-corrected chi connectivity index (χ1v) is 10.8. The molecule has 0 unspecified atom stereocenters. The number of hydrogen-bond acceptors (Lipinski definition) is 6. The van der Waals surface area contributed by atoms with Gasteiger partial charge >= 0.3 is 0 Å². The van der Waals surface area contributed by atoms with E-state index in [9.17, 15) is 13.2 Å². The number of nitrogens with zero attached hydrogens (tertiary/aromatic N) is 2. The molecule has 7 nitrogen and oxygen atoms in total. The van der Waals surface area contributed by atoms with Crippen LogP contribution >= 0.6 is 11.8 Å². The van der Waals surface area contributed by atoms with Crippen molar-refractivity contribution >= 4 is 32.7 Å². The molecule has 1 amide bonds. The number of amidine groups is 1. The van der Waals surface area contributed by atoms with Crippen LogP contribution in [0.5, 0.6) is 11.5 Å². The molecule has 2 atom stereocenters. The summed E-state index contributed by atoms with van der Waals surface area (Å²) >= 11 is 1.40. The van der Waals surface area contributed by atoms with Crippen LogP contribution in [-0.4, -0.2) is 54.0 Å². The molecule has 3 heterocycles. The molecule has 2 fully saturated rings. The second-order valence-electron chi connectivity index (χ2n) is 6.26. The van der Waals surface area contributed by atoms with Crippen LogP contribution in [0.15, 0.2) is 23.2 Å². The van der Waals surface area contributed by atoms with Crippen LogP contribution < -0.4 is 9.47 Å². The summed E-state index contributed by atoms with van der Waals surface area (Å²) in [6.07, 6.45) is 0.329. The van der Waals surface area contributed by atoms with E-state index in [4.69, 9.17) is 9.47 Å². The molecule has 2 saturated heterocycles. The van der Waals surface area contributed by atoms with Crippen molar-refractivity contribution < 1.29 is 22.7 Å². The van der Waals surface area contributed by atoms with Gasteiger partial charge in [-0.05, 0) is 17.7 Å². The van der Waals surface area contributed by atoms with E-state index in [1.165, 1.54) is 11.8 Å². The Morgan fingerprint density at radius 1 is 1.32 bits per heavy atom. The molecule has 0 aromatic heterocycles. The van der Waals surface area contributed by atoms with Gasteiger partial charge in [-0.3, -0.25) is 4.79 Å². The molecule has 4 rings (SSSR count). The number of ether oxygens (including phenoxy) is 2. The Hall–Kier alpha value is -1.74. The fraction of sp³-hybridized carbons (Fsp3) is 0.500. The third-order valence-corrected chi connectivity index (χ3v) is 7.74. The summed E-state index contributed by atoms with van der Waals surface area (Å²) in [5.74, 6) is 1.44. The standard InChI is InChI=1S/C16H18N2O5S2/c1-2-15(19)17-16-18(11-7-25(20,21)8-14(11)24-16)6-10-3-4-12-13(5-10)23-9-22-12/h3-5,11,14H,2,6-9H2,1H3/t11-,14-/m0/s1. The molecule has 0 aliphatic carbocycles. The highest BCUT2D eigenvalue weighted by atomic mass is 32.2. The molecule has 25 heavy (non-hydrogen) atoms. The average molecular weight is 382 g/mol. The summed E-state index contributed by atoms with van der Waals surface area (Å²) in [7, 11) is -3.04. The Morgan fingerprint density at radius 3 is 2.92 bits per heavy atom. The second-order valence-corrected chi connectivity index (χ2v) is 9.62. The predicted molar refractivity (Wildman–Crippen MR) is 94.7 cm³/mol. The normalized spacial score (nSPS) is 27.7. The maximum absolute atomic E-state index is 12.0. The van der Waals surface area contributed by atoms with Crippen molar-refractivity contribution in [2.24, 2.45) is 4.99 Å². The van der Waals surface area contributed by atoms with Crippen LogP contribution in [-0.2, 0) is 21.2 Å². The zero-order chi connectivity index (χ0) is 17.6. The number of rotatable bonds is 3. The van der Waals surface area contributed by atoms with Gasteiger partial charge in [-0.2, -0.15) is 4.99 Å². The number of carbonyl (C=O) groups excluding carboxylic acids is 1. The molecule has 3 aliphatic rings. The van der Waals surface area contributed by atoms with Crippen molar-refractivity contribution in [3.8, 4) is 11.5 Å². The van der Waals surface area contributed by atoms with Gasteiger partial charge in [0.15, 0.2) is 26.5 Å². The van der Waals surface area contributed by atoms with Gasteiger partial charge in [-0.1, -0.05) is 24.8 Å². The number of thioether (sulfide) groups is 1. The first-order chi connectivity index (χ1) is 11.9. The fourth-order valence-electron chi connectivity index (χ4n) is 3.24. The molecule has 1 aromatic carbocycles. The molecule has 1 aromatic rings. The van der Waals surface area contributed by atoms with E-state index in [0.717, 1.165) is 5.56 Å². The number of sulfone groups is 1. The van der Waals surface area contributed by atoms with Crippen molar-refractivity contribution in [2.45, 2.75) is 31.2 Å². The molecule has 0 saturated carbocycles.